The number of hydrogen-bond donors (Lipinski definition) is 5. The van der Waals surface area contributed by atoms with Crippen molar-refractivity contribution in [3.63, 3.8) is 0 Å². The summed E-state index contributed by atoms with van der Waals surface area (Å²) in [4.78, 5) is 41.7. The number of nitrogens with zero attached hydrogens (tertiary/aromatic N) is 2. The maximum absolute atomic E-state index is 13.4. The summed E-state index contributed by atoms with van der Waals surface area (Å²) < 4.78 is 5.93. The molecule has 208 valence electrons. The Bertz CT molecular complexity index is 1350. The van der Waals surface area contributed by atoms with Crippen LogP contribution in [0.25, 0.3) is 0 Å². The zero-order valence-corrected chi connectivity index (χ0v) is 21.8. The van der Waals surface area contributed by atoms with Crippen LogP contribution < -0.4 is 26.9 Å². The molecule has 0 spiro atoms. The standard InChI is InChI=1S/C29H32N6O5/c30-29(31)32-22-11-9-20(10-12-22)26(36)33-25(27(37)34-35-15-13-21(14-16-35)28(38)39)18-19-5-4-8-24(17-19)40-23-6-2-1-3-7-23/h1-12,17,21,25H,13-16,18H2,(H,33,36)(H,34,37)(H,38,39)(H4,30,31,32). The molecule has 1 aliphatic rings. The summed E-state index contributed by atoms with van der Waals surface area (Å²) in [6.45, 7) is 0.798. The third-order valence-electron chi connectivity index (χ3n) is 6.44. The van der Waals surface area contributed by atoms with Crippen LogP contribution in [0.4, 0.5) is 5.69 Å². The van der Waals surface area contributed by atoms with Crippen molar-refractivity contribution in [1.29, 1.82) is 0 Å². The summed E-state index contributed by atoms with van der Waals surface area (Å²) in [5.74, 6) is -0.944. The molecule has 2 amide bonds. The number of rotatable bonds is 10. The van der Waals surface area contributed by atoms with E-state index in [1.165, 1.54) is 0 Å². The first-order valence-corrected chi connectivity index (χ1v) is 12.9. The highest BCUT2D eigenvalue weighted by molar-refractivity contribution is 5.97. The van der Waals surface area contributed by atoms with E-state index in [0.717, 1.165) is 5.56 Å². The number of aliphatic carboxylic acids is 1. The lowest BCUT2D eigenvalue weighted by Crippen LogP contribution is -2.55. The summed E-state index contributed by atoms with van der Waals surface area (Å²) in [5.41, 5.74) is 15.3. The van der Waals surface area contributed by atoms with Crippen molar-refractivity contribution in [3.8, 4) is 11.5 Å². The number of ether oxygens (including phenoxy) is 1. The van der Waals surface area contributed by atoms with E-state index < -0.39 is 29.7 Å². The Labute approximate surface area is 231 Å². The monoisotopic (exact) mass is 544 g/mol. The number of hydrogen-bond acceptors (Lipinski definition) is 6. The van der Waals surface area contributed by atoms with Gasteiger partial charge in [-0.3, -0.25) is 19.8 Å². The van der Waals surface area contributed by atoms with E-state index in [0.29, 0.717) is 48.7 Å². The van der Waals surface area contributed by atoms with E-state index in [4.69, 9.17) is 16.2 Å². The lowest BCUT2D eigenvalue weighted by molar-refractivity contribution is -0.143. The van der Waals surface area contributed by atoms with Crippen LogP contribution in [0.1, 0.15) is 28.8 Å². The van der Waals surface area contributed by atoms with Crippen molar-refractivity contribution in [1.82, 2.24) is 15.8 Å². The molecular formula is C29H32N6O5. The van der Waals surface area contributed by atoms with Crippen LogP contribution in [0.15, 0.2) is 83.9 Å². The maximum Gasteiger partial charge on any atom is 0.306 e. The minimum absolute atomic E-state index is 0.0974. The van der Waals surface area contributed by atoms with Gasteiger partial charge in [0.15, 0.2) is 5.96 Å². The molecule has 40 heavy (non-hydrogen) atoms. The average molecular weight is 545 g/mol. The summed E-state index contributed by atoms with van der Waals surface area (Å²) in [7, 11) is 0. The third kappa shape index (κ3) is 8.05. The fraction of sp³-hybridized carbons (Fsp3) is 0.241. The Balaban J connectivity index is 1.49. The van der Waals surface area contributed by atoms with Crippen molar-refractivity contribution in [3.05, 3.63) is 90.0 Å². The van der Waals surface area contributed by atoms with Gasteiger partial charge >= 0.3 is 5.97 Å². The largest absolute Gasteiger partial charge is 0.481 e. The number of nitrogens with one attached hydrogen (secondary N) is 2. The Hall–Kier alpha value is -4.90. The van der Waals surface area contributed by atoms with Gasteiger partial charge in [-0.15, -0.1) is 0 Å². The molecule has 7 N–H and O–H groups in total. The van der Waals surface area contributed by atoms with Gasteiger partial charge in [-0.05, 0) is 66.9 Å². The molecule has 1 atom stereocenters. The maximum atomic E-state index is 13.4. The van der Waals surface area contributed by atoms with Crippen LogP contribution in [-0.2, 0) is 16.0 Å². The summed E-state index contributed by atoms with van der Waals surface area (Å²) >= 11 is 0. The SMILES string of the molecule is NC(N)=Nc1ccc(C(=O)NC(Cc2cccc(Oc3ccccc3)c2)C(=O)NN2CCC(C(=O)O)CC2)cc1. The quantitative estimate of drug-likeness (QED) is 0.191. The van der Waals surface area contributed by atoms with Crippen molar-refractivity contribution >= 4 is 29.4 Å². The topological polar surface area (TPSA) is 172 Å². The molecule has 1 fully saturated rings. The lowest BCUT2D eigenvalue weighted by Gasteiger charge is -2.31. The number of amides is 2. The normalized spacial score (nSPS) is 14.5. The van der Waals surface area contributed by atoms with E-state index in [9.17, 15) is 19.5 Å². The van der Waals surface area contributed by atoms with Gasteiger partial charge in [0.1, 0.15) is 17.5 Å². The van der Waals surface area contributed by atoms with Gasteiger partial charge in [-0.1, -0.05) is 30.3 Å². The van der Waals surface area contributed by atoms with Crippen LogP contribution in [0.5, 0.6) is 11.5 Å². The molecule has 0 aromatic heterocycles. The second-order valence-electron chi connectivity index (χ2n) is 9.45. The number of piperidine rings is 1. The number of carbonyl (C=O) groups is 3. The molecule has 1 heterocycles. The van der Waals surface area contributed by atoms with E-state index in [1.54, 1.807) is 29.3 Å². The predicted octanol–water partition coefficient (Wildman–Crippen LogP) is 2.55. The number of benzene rings is 3. The van der Waals surface area contributed by atoms with Crippen LogP contribution in [0.2, 0.25) is 0 Å². The number of nitrogens with two attached hydrogens (primary N) is 2. The first-order valence-electron chi connectivity index (χ1n) is 12.9. The average Bonchev–Trinajstić information content (AvgIpc) is 2.94. The molecule has 11 heteroatoms. The Morgan fingerprint density at radius 3 is 2.27 bits per heavy atom. The number of carbonyl (C=O) groups excluding carboxylic acids is 2. The summed E-state index contributed by atoms with van der Waals surface area (Å²) in [6, 6.07) is 22.0. The summed E-state index contributed by atoms with van der Waals surface area (Å²) in [5, 5.41) is 13.8. The van der Waals surface area contributed by atoms with E-state index in [1.807, 2.05) is 54.6 Å². The van der Waals surface area contributed by atoms with Gasteiger partial charge in [0.05, 0.1) is 11.6 Å². The van der Waals surface area contributed by atoms with Gasteiger partial charge in [-0.2, -0.15) is 0 Å². The third-order valence-corrected chi connectivity index (χ3v) is 6.44. The fourth-order valence-corrected chi connectivity index (χ4v) is 4.36. The minimum Gasteiger partial charge on any atom is -0.481 e. The van der Waals surface area contributed by atoms with Crippen LogP contribution >= 0.6 is 0 Å². The minimum atomic E-state index is -0.922. The molecule has 3 aromatic carbocycles. The zero-order valence-electron chi connectivity index (χ0n) is 21.8. The number of carboxylic acids is 1. The molecule has 11 nitrogen and oxygen atoms in total. The Kier molecular flexibility index (Phi) is 9.31. The molecule has 0 saturated carbocycles. The van der Waals surface area contributed by atoms with E-state index in [-0.39, 0.29) is 12.4 Å². The van der Waals surface area contributed by atoms with Gasteiger partial charge < -0.3 is 26.6 Å². The predicted molar refractivity (Wildman–Crippen MR) is 150 cm³/mol. The molecule has 0 aliphatic carbocycles. The van der Waals surface area contributed by atoms with E-state index in [2.05, 4.69) is 15.7 Å². The highest BCUT2D eigenvalue weighted by Gasteiger charge is 2.28. The first kappa shape index (κ1) is 28.1. The number of carboxylic acid groups (broad SMARTS) is 1. The van der Waals surface area contributed by atoms with Crippen molar-refractivity contribution in [2.75, 3.05) is 13.1 Å². The van der Waals surface area contributed by atoms with Crippen molar-refractivity contribution < 1.29 is 24.2 Å². The van der Waals surface area contributed by atoms with Gasteiger partial charge in [0.2, 0.25) is 0 Å². The lowest BCUT2D eigenvalue weighted by atomic mass is 9.98. The summed E-state index contributed by atoms with van der Waals surface area (Å²) in [6.07, 6.45) is 1.04. The number of para-hydroxylation sites is 1. The van der Waals surface area contributed by atoms with Gasteiger partial charge in [0, 0.05) is 25.1 Å². The highest BCUT2D eigenvalue weighted by Crippen LogP contribution is 2.23. The molecule has 1 saturated heterocycles. The second kappa shape index (κ2) is 13.3. The molecular weight excluding hydrogens is 512 g/mol. The van der Waals surface area contributed by atoms with E-state index >= 15 is 0 Å². The molecule has 0 bridgehead atoms. The highest BCUT2D eigenvalue weighted by atomic mass is 16.5. The van der Waals surface area contributed by atoms with Crippen molar-refractivity contribution in [2.45, 2.75) is 25.3 Å². The fourth-order valence-electron chi connectivity index (χ4n) is 4.36. The van der Waals surface area contributed by atoms with Crippen molar-refractivity contribution in [2.24, 2.45) is 22.4 Å². The second-order valence-corrected chi connectivity index (χ2v) is 9.45. The van der Waals surface area contributed by atoms with Gasteiger partial charge in [-0.25, -0.2) is 10.0 Å². The molecule has 3 aromatic rings. The Morgan fingerprint density at radius 1 is 0.950 bits per heavy atom. The molecule has 1 unspecified atom stereocenters. The van der Waals surface area contributed by atoms with Crippen LogP contribution in [0.3, 0.4) is 0 Å². The van der Waals surface area contributed by atoms with Gasteiger partial charge in [0.25, 0.3) is 11.8 Å². The smallest absolute Gasteiger partial charge is 0.306 e. The Morgan fingerprint density at radius 2 is 1.62 bits per heavy atom. The molecule has 0 radical (unpaired) electrons. The molecule has 1 aliphatic heterocycles. The number of hydrazine groups is 1. The van der Waals surface area contributed by atoms with Crippen LogP contribution in [0, 0.1) is 5.92 Å². The zero-order chi connectivity index (χ0) is 28.5. The number of guanidine groups is 1. The van der Waals surface area contributed by atoms with Crippen LogP contribution in [-0.4, -0.2) is 53.0 Å². The molecule has 4 rings (SSSR count). The first-order chi connectivity index (χ1) is 19.3. The number of aliphatic imine (C=N–C) groups is 1.